The second kappa shape index (κ2) is 8.08. The third-order valence-corrected chi connectivity index (χ3v) is 5.57. The molecule has 5 nitrogen and oxygen atoms in total. The Bertz CT molecular complexity index is 721. The Morgan fingerprint density at radius 3 is 2.87 bits per heavy atom. The number of aryl methyl sites for hydroxylation is 2. The van der Waals surface area contributed by atoms with Gasteiger partial charge in [-0.25, -0.2) is 0 Å². The minimum Gasteiger partial charge on any atom is -0.483 e. The molecule has 0 aliphatic rings. The molecule has 124 valence electrons. The normalized spacial score (nSPS) is 10.7. The van der Waals surface area contributed by atoms with E-state index in [0.717, 1.165) is 33.4 Å². The molecule has 1 N–H and O–H groups in total. The molecule has 1 aromatic heterocycles. The first-order valence-electron chi connectivity index (χ1n) is 7.12. The van der Waals surface area contributed by atoms with Crippen LogP contribution in [0, 0.1) is 13.8 Å². The van der Waals surface area contributed by atoms with Crippen LogP contribution >= 0.6 is 38.9 Å². The molecule has 8 heteroatoms. The van der Waals surface area contributed by atoms with Gasteiger partial charge in [-0.1, -0.05) is 29.9 Å². The predicted molar refractivity (Wildman–Crippen MR) is 96.7 cm³/mol. The zero-order valence-electron chi connectivity index (χ0n) is 13.1. The molecular formula is C15H17BrClN3O2S. The van der Waals surface area contributed by atoms with Gasteiger partial charge in [0.2, 0.25) is 5.13 Å². The molecule has 0 aliphatic heterocycles. The first-order valence-corrected chi connectivity index (χ1v) is 9.11. The quantitative estimate of drug-likeness (QED) is 0.748. The van der Waals surface area contributed by atoms with Crippen molar-refractivity contribution in [1.29, 1.82) is 0 Å². The smallest absolute Gasteiger partial charge is 0.264 e. The van der Waals surface area contributed by atoms with Crippen molar-refractivity contribution in [2.75, 3.05) is 11.9 Å². The Labute approximate surface area is 152 Å². The lowest BCUT2D eigenvalue weighted by molar-refractivity contribution is -0.118. The van der Waals surface area contributed by atoms with Gasteiger partial charge in [-0.3, -0.25) is 10.1 Å². The van der Waals surface area contributed by atoms with Crippen LogP contribution in [0.15, 0.2) is 10.5 Å². The summed E-state index contributed by atoms with van der Waals surface area (Å²) in [6, 6.07) is 1.80. The van der Waals surface area contributed by atoms with Crippen molar-refractivity contribution in [3.05, 3.63) is 31.7 Å². The van der Waals surface area contributed by atoms with E-state index in [4.69, 9.17) is 16.3 Å². The van der Waals surface area contributed by atoms with E-state index in [9.17, 15) is 4.79 Å². The Kier molecular flexibility index (Phi) is 6.38. The van der Waals surface area contributed by atoms with Gasteiger partial charge >= 0.3 is 0 Å². The summed E-state index contributed by atoms with van der Waals surface area (Å²) in [5.41, 5.74) is 1.78. The van der Waals surface area contributed by atoms with Gasteiger partial charge < -0.3 is 4.74 Å². The maximum Gasteiger partial charge on any atom is 0.264 e. The van der Waals surface area contributed by atoms with Crippen LogP contribution in [-0.2, 0) is 11.2 Å². The van der Waals surface area contributed by atoms with Gasteiger partial charge in [0.25, 0.3) is 5.91 Å². The number of anilines is 1. The summed E-state index contributed by atoms with van der Waals surface area (Å²) in [7, 11) is 0. The molecule has 0 atom stereocenters. The van der Waals surface area contributed by atoms with E-state index in [0.29, 0.717) is 15.9 Å². The van der Waals surface area contributed by atoms with Crippen molar-refractivity contribution in [2.45, 2.75) is 33.6 Å². The van der Waals surface area contributed by atoms with Crippen molar-refractivity contribution < 1.29 is 9.53 Å². The second-order valence-corrected chi connectivity index (χ2v) is 7.27. The number of ether oxygens (including phenoxy) is 1. The van der Waals surface area contributed by atoms with E-state index < -0.39 is 0 Å². The number of carbonyl (C=O) groups is 1. The van der Waals surface area contributed by atoms with Gasteiger partial charge in [0, 0.05) is 11.4 Å². The maximum atomic E-state index is 12.0. The number of nitrogens with zero attached hydrogens (tertiary/aromatic N) is 2. The lowest BCUT2D eigenvalue weighted by Gasteiger charge is -2.12. The average Bonchev–Trinajstić information content (AvgIpc) is 2.95. The van der Waals surface area contributed by atoms with E-state index in [2.05, 4.69) is 38.4 Å². The van der Waals surface area contributed by atoms with Crippen molar-refractivity contribution >= 4 is 49.9 Å². The number of aromatic nitrogens is 2. The number of rotatable bonds is 6. The Morgan fingerprint density at radius 1 is 1.43 bits per heavy atom. The molecule has 0 spiro atoms. The van der Waals surface area contributed by atoms with Gasteiger partial charge in [0.05, 0.1) is 4.47 Å². The van der Waals surface area contributed by atoms with E-state index >= 15 is 0 Å². The Balaban J connectivity index is 1.96. The van der Waals surface area contributed by atoms with Crippen molar-refractivity contribution in [3.63, 3.8) is 0 Å². The summed E-state index contributed by atoms with van der Waals surface area (Å²) in [5, 5.41) is 12.7. The Hall–Kier alpha value is -1.18. The van der Waals surface area contributed by atoms with Crippen LogP contribution in [0.3, 0.4) is 0 Å². The summed E-state index contributed by atoms with van der Waals surface area (Å²) in [4.78, 5) is 12.0. The first-order chi connectivity index (χ1) is 10.9. The molecule has 0 saturated carbocycles. The summed E-state index contributed by atoms with van der Waals surface area (Å²) in [6.45, 7) is 5.75. The van der Waals surface area contributed by atoms with Gasteiger partial charge in [-0.05, 0) is 53.4 Å². The number of halogens is 2. The highest BCUT2D eigenvalue weighted by molar-refractivity contribution is 9.10. The molecule has 1 amide bonds. The fraction of sp³-hybridized carbons (Fsp3) is 0.400. The summed E-state index contributed by atoms with van der Waals surface area (Å²) >= 11 is 11.0. The Morgan fingerprint density at radius 2 is 2.17 bits per heavy atom. The van der Waals surface area contributed by atoms with Crippen molar-refractivity contribution in [3.8, 4) is 5.75 Å². The number of amides is 1. The minimum absolute atomic E-state index is 0.109. The monoisotopic (exact) mass is 417 g/mol. The number of hydrogen-bond donors (Lipinski definition) is 1. The third-order valence-electron chi connectivity index (χ3n) is 3.10. The van der Waals surface area contributed by atoms with Gasteiger partial charge in [-0.15, -0.1) is 10.2 Å². The van der Waals surface area contributed by atoms with E-state index in [-0.39, 0.29) is 12.5 Å². The van der Waals surface area contributed by atoms with Crippen LogP contribution in [0.4, 0.5) is 5.13 Å². The molecule has 0 radical (unpaired) electrons. The first kappa shape index (κ1) is 18.2. The van der Waals surface area contributed by atoms with Gasteiger partial charge in [0.15, 0.2) is 6.61 Å². The van der Waals surface area contributed by atoms with E-state index in [1.807, 2.05) is 13.8 Å². The molecule has 0 bridgehead atoms. The molecule has 1 heterocycles. The number of nitrogens with one attached hydrogen (secondary N) is 1. The largest absolute Gasteiger partial charge is 0.483 e. The molecule has 0 saturated heterocycles. The molecular weight excluding hydrogens is 402 g/mol. The van der Waals surface area contributed by atoms with Crippen LogP contribution < -0.4 is 10.1 Å². The number of benzene rings is 1. The molecule has 1 aromatic carbocycles. The van der Waals surface area contributed by atoms with Crippen LogP contribution in [0.2, 0.25) is 5.02 Å². The molecule has 0 aliphatic carbocycles. The topological polar surface area (TPSA) is 64.1 Å². The summed E-state index contributed by atoms with van der Waals surface area (Å²) < 4.78 is 6.33. The zero-order chi connectivity index (χ0) is 17.0. The standard InChI is InChI=1S/C15H17BrClN3O2S/c1-4-5-12-19-20-15(23-12)18-11(21)7-22-10-6-8(2)14(17)9(3)13(10)16/h6H,4-5,7H2,1-3H3,(H,18,20,21). The van der Waals surface area contributed by atoms with Crippen molar-refractivity contribution in [1.82, 2.24) is 10.2 Å². The van der Waals surface area contributed by atoms with Crippen LogP contribution in [0.5, 0.6) is 5.75 Å². The van der Waals surface area contributed by atoms with Crippen LogP contribution in [-0.4, -0.2) is 22.7 Å². The van der Waals surface area contributed by atoms with Crippen LogP contribution in [0.25, 0.3) is 0 Å². The molecule has 0 fully saturated rings. The lowest BCUT2D eigenvalue weighted by atomic mass is 10.1. The van der Waals surface area contributed by atoms with Gasteiger partial charge in [0.1, 0.15) is 10.8 Å². The van der Waals surface area contributed by atoms with Crippen LogP contribution in [0.1, 0.15) is 29.5 Å². The third kappa shape index (κ3) is 4.65. The minimum atomic E-state index is -0.277. The zero-order valence-corrected chi connectivity index (χ0v) is 16.2. The predicted octanol–water partition coefficient (Wildman–Crippen LogP) is 4.54. The fourth-order valence-electron chi connectivity index (χ4n) is 1.92. The number of carbonyl (C=O) groups excluding carboxylic acids is 1. The highest BCUT2D eigenvalue weighted by Crippen LogP contribution is 2.35. The molecule has 2 rings (SSSR count). The van der Waals surface area contributed by atoms with E-state index in [1.54, 1.807) is 6.07 Å². The molecule has 23 heavy (non-hydrogen) atoms. The maximum absolute atomic E-state index is 12.0. The molecule has 0 unspecified atom stereocenters. The highest BCUT2D eigenvalue weighted by atomic mass is 79.9. The lowest BCUT2D eigenvalue weighted by Crippen LogP contribution is -2.20. The van der Waals surface area contributed by atoms with E-state index in [1.165, 1.54) is 11.3 Å². The van der Waals surface area contributed by atoms with Gasteiger partial charge in [-0.2, -0.15) is 0 Å². The second-order valence-electron chi connectivity index (χ2n) is 5.03. The molecule has 2 aromatic rings. The summed E-state index contributed by atoms with van der Waals surface area (Å²) in [6.07, 6.45) is 1.86. The van der Waals surface area contributed by atoms with Crippen molar-refractivity contribution in [2.24, 2.45) is 0 Å². The highest BCUT2D eigenvalue weighted by Gasteiger charge is 2.13. The fourth-order valence-corrected chi connectivity index (χ4v) is 3.47. The SMILES string of the molecule is CCCc1nnc(NC(=O)COc2cc(C)c(Cl)c(C)c2Br)s1. The average molecular weight is 419 g/mol. The summed E-state index contributed by atoms with van der Waals surface area (Å²) in [5.74, 6) is 0.310. The number of hydrogen-bond acceptors (Lipinski definition) is 5.